The van der Waals surface area contributed by atoms with Gasteiger partial charge in [-0.05, 0) is 12.5 Å². The van der Waals surface area contributed by atoms with Crippen LogP contribution in [0.4, 0.5) is 5.69 Å². The molecule has 2 amide bonds. The summed E-state index contributed by atoms with van der Waals surface area (Å²) in [6, 6.07) is 13.0. The van der Waals surface area contributed by atoms with E-state index in [1.54, 1.807) is 18.2 Å². The van der Waals surface area contributed by atoms with Crippen LogP contribution in [0.25, 0.3) is 0 Å². The fraction of sp³-hybridized carbons (Fsp3) is 0.300. The molecule has 3 rings (SSSR count). The summed E-state index contributed by atoms with van der Waals surface area (Å²) in [5.74, 6) is 0.574. The lowest BCUT2D eigenvalue weighted by atomic mass is 9.88. The number of ether oxygens (including phenoxy) is 2. The summed E-state index contributed by atoms with van der Waals surface area (Å²) in [6.07, 6.45) is 0.600. The molecule has 1 fully saturated rings. The van der Waals surface area contributed by atoms with Gasteiger partial charge in [0.2, 0.25) is 11.8 Å². The number of methoxy groups -OCH3 is 2. The number of nitrogens with zero attached hydrogens (tertiary/aromatic N) is 1. The molecule has 0 atom stereocenters. The van der Waals surface area contributed by atoms with Gasteiger partial charge in [0, 0.05) is 37.0 Å². The topological polar surface area (TPSA) is 55.8 Å². The van der Waals surface area contributed by atoms with Gasteiger partial charge in [0.25, 0.3) is 0 Å². The highest BCUT2D eigenvalue weighted by Crippen LogP contribution is 2.35. The zero-order valence-electron chi connectivity index (χ0n) is 14.6. The molecule has 0 aromatic heterocycles. The Morgan fingerprint density at radius 3 is 1.88 bits per heavy atom. The van der Waals surface area contributed by atoms with E-state index in [9.17, 15) is 9.59 Å². The number of carbonyl (C=O) groups is 2. The summed E-state index contributed by atoms with van der Waals surface area (Å²) in [4.78, 5) is 26.6. The van der Waals surface area contributed by atoms with Gasteiger partial charge in [-0.25, -0.2) is 0 Å². The van der Waals surface area contributed by atoms with Crippen LogP contribution in [0.1, 0.15) is 29.9 Å². The van der Waals surface area contributed by atoms with Gasteiger partial charge in [-0.15, -0.1) is 0 Å². The van der Waals surface area contributed by atoms with Crippen molar-refractivity contribution in [3.8, 4) is 11.5 Å². The van der Waals surface area contributed by atoms with Crippen molar-refractivity contribution in [3.05, 3.63) is 53.6 Å². The SMILES string of the molecule is COc1cc(OC)cc(N2C(=O)CC(c3ccc(C)cc3)CC2=O)c1. The highest BCUT2D eigenvalue weighted by atomic mass is 16.5. The minimum absolute atomic E-state index is 0.0793. The summed E-state index contributed by atoms with van der Waals surface area (Å²) in [5.41, 5.74) is 2.66. The molecule has 2 aromatic rings. The Morgan fingerprint density at radius 1 is 0.880 bits per heavy atom. The van der Waals surface area contributed by atoms with Gasteiger partial charge in [0.1, 0.15) is 11.5 Å². The van der Waals surface area contributed by atoms with E-state index in [2.05, 4.69) is 0 Å². The molecule has 0 radical (unpaired) electrons. The number of rotatable bonds is 4. The largest absolute Gasteiger partial charge is 0.497 e. The lowest BCUT2D eigenvalue weighted by Crippen LogP contribution is -2.42. The van der Waals surface area contributed by atoms with Crippen molar-refractivity contribution >= 4 is 17.5 Å². The summed E-state index contributed by atoms with van der Waals surface area (Å²) < 4.78 is 10.5. The molecular weight excluding hydrogens is 318 g/mol. The quantitative estimate of drug-likeness (QED) is 0.801. The zero-order valence-corrected chi connectivity index (χ0v) is 14.6. The lowest BCUT2D eigenvalue weighted by Gasteiger charge is -2.30. The molecule has 0 N–H and O–H groups in total. The van der Waals surface area contributed by atoms with Crippen molar-refractivity contribution in [2.45, 2.75) is 25.7 Å². The fourth-order valence-corrected chi connectivity index (χ4v) is 3.10. The molecule has 5 heteroatoms. The minimum Gasteiger partial charge on any atom is -0.497 e. The van der Waals surface area contributed by atoms with Crippen LogP contribution >= 0.6 is 0 Å². The standard InChI is InChI=1S/C20H21NO4/c1-13-4-6-14(7-5-13)15-8-19(22)21(20(23)9-15)16-10-17(24-2)12-18(11-16)25-3/h4-7,10-12,15H,8-9H2,1-3H3. The second-order valence-electron chi connectivity index (χ2n) is 6.21. The maximum atomic E-state index is 12.7. The van der Waals surface area contributed by atoms with Crippen molar-refractivity contribution in [3.63, 3.8) is 0 Å². The fourth-order valence-electron chi connectivity index (χ4n) is 3.10. The normalized spacial score (nSPS) is 15.4. The minimum atomic E-state index is -0.211. The Labute approximate surface area is 147 Å². The predicted molar refractivity (Wildman–Crippen MR) is 95.2 cm³/mol. The van der Waals surface area contributed by atoms with Crippen LogP contribution in [0.2, 0.25) is 0 Å². The average Bonchev–Trinajstić information content (AvgIpc) is 2.61. The van der Waals surface area contributed by atoms with Gasteiger partial charge in [-0.2, -0.15) is 0 Å². The summed E-state index contributed by atoms with van der Waals surface area (Å²) in [7, 11) is 3.07. The molecule has 0 unspecified atom stereocenters. The first-order chi connectivity index (χ1) is 12.0. The number of amides is 2. The lowest BCUT2D eigenvalue weighted by molar-refractivity contribution is -0.129. The molecule has 0 saturated carbocycles. The third-order valence-electron chi connectivity index (χ3n) is 4.48. The third-order valence-corrected chi connectivity index (χ3v) is 4.48. The molecule has 1 saturated heterocycles. The summed E-state index contributed by atoms with van der Waals surface area (Å²) in [6.45, 7) is 2.01. The number of imide groups is 1. The van der Waals surface area contributed by atoms with E-state index in [4.69, 9.17) is 9.47 Å². The average molecular weight is 339 g/mol. The maximum absolute atomic E-state index is 12.7. The first-order valence-electron chi connectivity index (χ1n) is 8.17. The predicted octanol–water partition coefficient (Wildman–Crippen LogP) is 3.45. The number of carbonyl (C=O) groups excluding carboxylic acids is 2. The Balaban J connectivity index is 1.87. The Bertz CT molecular complexity index is 758. The van der Waals surface area contributed by atoms with Gasteiger partial charge in [0.15, 0.2) is 0 Å². The molecule has 5 nitrogen and oxygen atoms in total. The Kier molecular flexibility index (Phi) is 4.74. The van der Waals surface area contributed by atoms with E-state index in [1.165, 1.54) is 19.1 Å². The van der Waals surface area contributed by atoms with Crippen LogP contribution in [0.3, 0.4) is 0 Å². The second-order valence-corrected chi connectivity index (χ2v) is 6.21. The molecule has 2 aromatic carbocycles. The van der Waals surface area contributed by atoms with Crippen molar-refractivity contribution < 1.29 is 19.1 Å². The van der Waals surface area contributed by atoms with E-state index in [0.29, 0.717) is 30.0 Å². The van der Waals surface area contributed by atoms with Crippen LogP contribution in [-0.4, -0.2) is 26.0 Å². The van der Waals surface area contributed by atoms with E-state index >= 15 is 0 Å². The van der Waals surface area contributed by atoms with Crippen molar-refractivity contribution in [1.29, 1.82) is 0 Å². The van der Waals surface area contributed by atoms with E-state index in [1.807, 2.05) is 31.2 Å². The smallest absolute Gasteiger partial charge is 0.234 e. The van der Waals surface area contributed by atoms with E-state index in [-0.39, 0.29) is 17.7 Å². The first-order valence-corrected chi connectivity index (χ1v) is 8.17. The molecule has 1 aliphatic heterocycles. The molecule has 25 heavy (non-hydrogen) atoms. The third kappa shape index (κ3) is 3.50. The van der Waals surface area contributed by atoms with Crippen molar-refractivity contribution in [2.24, 2.45) is 0 Å². The van der Waals surface area contributed by atoms with Gasteiger partial charge in [-0.3, -0.25) is 14.5 Å². The summed E-state index contributed by atoms with van der Waals surface area (Å²) in [5, 5.41) is 0. The van der Waals surface area contributed by atoms with Crippen LogP contribution in [0.5, 0.6) is 11.5 Å². The van der Waals surface area contributed by atoms with Gasteiger partial charge >= 0.3 is 0 Å². The molecule has 130 valence electrons. The van der Waals surface area contributed by atoms with Gasteiger partial charge in [-0.1, -0.05) is 29.8 Å². The molecule has 1 heterocycles. The van der Waals surface area contributed by atoms with E-state index in [0.717, 1.165) is 11.1 Å². The van der Waals surface area contributed by atoms with Crippen LogP contribution in [-0.2, 0) is 9.59 Å². The number of anilines is 1. The van der Waals surface area contributed by atoms with Crippen molar-refractivity contribution in [1.82, 2.24) is 0 Å². The summed E-state index contributed by atoms with van der Waals surface area (Å²) >= 11 is 0. The molecule has 0 bridgehead atoms. The van der Waals surface area contributed by atoms with Crippen LogP contribution in [0, 0.1) is 6.92 Å². The first kappa shape index (κ1) is 17.0. The number of benzene rings is 2. The molecule has 0 aliphatic carbocycles. The zero-order chi connectivity index (χ0) is 18.0. The molecular formula is C20H21NO4. The Morgan fingerprint density at radius 2 is 1.40 bits per heavy atom. The Hall–Kier alpha value is -2.82. The van der Waals surface area contributed by atoms with Crippen LogP contribution in [0.15, 0.2) is 42.5 Å². The van der Waals surface area contributed by atoms with Gasteiger partial charge in [0.05, 0.1) is 19.9 Å². The number of hydrogen-bond donors (Lipinski definition) is 0. The second kappa shape index (κ2) is 6.97. The number of piperidine rings is 1. The highest BCUT2D eigenvalue weighted by molar-refractivity contribution is 6.17. The number of aryl methyl sites for hydroxylation is 1. The van der Waals surface area contributed by atoms with Gasteiger partial charge < -0.3 is 9.47 Å². The van der Waals surface area contributed by atoms with E-state index < -0.39 is 0 Å². The molecule has 1 aliphatic rings. The molecule has 0 spiro atoms. The van der Waals surface area contributed by atoms with Crippen LogP contribution < -0.4 is 14.4 Å². The number of hydrogen-bond acceptors (Lipinski definition) is 4. The maximum Gasteiger partial charge on any atom is 0.234 e. The highest BCUT2D eigenvalue weighted by Gasteiger charge is 2.34. The monoisotopic (exact) mass is 339 g/mol. The van der Waals surface area contributed by atoms with Crippen molar-refractivity contribution in [2.75, 3.05) is 19.1 Å².